The summed E-state index contributed by atoms with van der Waals surface area (Å²) in [6.45, 7) is 7.31. The Morgan fingerprint density at radius 1 is 0.967 bits per heavy atom. The lowest BCUT2D eigenvalue weighted by Crippen LogP contribution is -2.20. The number of carboxylic acids is 1. The Balaban J connectivity index is 2.03. The summed E-state index contributed by atoms with van der Waals surface area (Å²) in [4.78, 5) is 23.7. The molecular formula is C24H17NO5. The molecule has 6 nitrogen and oxygen atoms in total. The molecule has 3 aromatic rings. The minimum Gasteiger partial charge on any atom is -0.508 e. The predicted octanol–water partition coefficient (Wildman–Crippen LogP) is 2.98. The lowest BCUT2D eigenvalue weighted by Gasteiger charge is -2.22. The van der Waals surface area contributed by atoms with Crippen LogP contribution >= 0.6 is 0 Å². The first-order valence-corrected chi connectivity index (χ1v) is 9.03. The fourth-order valence-corrected chi connectivity index (χ4v) is 3.42. The second-order valence-electron chi connectivity index (χ2n) is 6.75. The number of anilines is 1. The molecule has 148 valence electrons. The zero-order chi connectivity index (χ0) is 21.4. The Labute approximate surface area is 171 Å². The highest BCUT2D eigenvalue weighted by Crippen LogP contribution is 2.39. The van der Waals surface area contributed by atoms with Gasteiger partial charge in [-0.15, -0.1) is 0 Å². The second-order valence-corrected chi connectivity index (χ2v) is 6.75. The zero-order valence-electron chi connectivity index (χ0n) is 15.8. The van der Waals surface area contributed by atoms with Gasteiger partial charge < -0.3 is 20.3 Å². The molecule has 3 N–H and O–H groups in total. The van der Waals surface area contributed by atoms with Crippen LogP contribution in [0.25, 0.3) is 12.2 Å². The van der Waals surface area contributed by atoms with Crippen molar-refractivity contribution in [2.45, 2.75) is 0 Å². The number of rotatable bonds is 4. The topological polar surface area (TPSA) is 95.9 Å². The largest absolute Gasteiger partial charge is 0.508 e. The minimum absolute atomic E-state index is 0.0115. The van der Waals surface area contributed by atoms with Crippen LogP contribution in [0.5, 0.6) is 17.2 Å². The predicted molar refractivity (Wildman–Crippen MR) is 113 cm³/mol. The highest BCUT2D eigenvalue weighted by atomic mass is 16.5. The number of aromatic hydroxyl groups is 1. The molecule has 30 heavy (non-hydrogen) atoms. The third-order valence-corrected chi connectivity index (χ3v) is 4.74. The van der Waals surface area contributed by atoms with Gasteiger partial charge in [-0.3, -0.25) is 4.79 Å². The van der Waals surface area contributed by atoms with E-state index in [0.717, 1.165) is 11.3 Å². The second kappa shape index (κ2) is 7.25. The van der Waals surface area contributed by atoms with Gasteiger partial charge in [-0.2, -0.15) is 0 Å². The summed E-state index contributed by atoms with van der Waals surface area (Å²) in [6.07, 6.45) is 1.11. The van der Waals surface area contributed by atoms with Gasteiger partial charge in [-0.1, -0.05) is 31.4 Å². The molecule has 0 spiro atoms. The fraction of sp³-hybridized carbons (Fsp3) is 0. The van der Waals surface area contributed by atoms with Crippen LogP contribution in [0.3, 0.4) is 0 Å². The quantitative estimate of drug-likeness (QED) is 0.459. The van der Waals surface area contributed by atoms with Crippen LogP contribution in [0.15, 0.2) is 67.3 Å². The molecule has 4 rings (SSSR count). The number of benzene rings is 3. The molecule has 1 heterocycles. The molecule has 0 saturated heterocycles. The number of fused-ring (bicyclic) bond motifs is 2. The molecule has 0 atom stereocenters. The Bertz CT molecular complexity index is 1340. The van der Waals surface area contributed by atoms with Crippen molar-refractivity contribution in [2.75, 3.05) is 5.32 Å². The number of carboxylic acid groups (broad SMARTS) is 1. The summed E-state index contributed by atoms with van der Waals surface area (Å²) in [5.74, 6) is -0.635. The molecule has 0 bridgehead atoms. The number of carbonyl (C=O) groups is 2. The van der Waals surface area contributed by atoms with Crippen LogP contribution in [0.2, 0.25) is 0 Å². The standard InChI is InChI=1S/C24H17NO5/c1-3-22(27)25-14-5-8-16(19(11-14)24(28)29)23-17-7-4-13(2)10-20(17)30-21-12-15(26)6-9-18(21)23/h3-12,26H,1-2H2,(H,25,27)(H,28,29). The molecule has 1 aliphatic rings. The molecule has 6 heteroatoms. The lowest BCUT2D eigenvalue weighted by molar-refractivity contribution is -0.111. The minimum atomic E-state index is -1.14. The summed E-state index contributed by atoms with van der Waals surface area (Å²) in [5.41, 5.74) is 2.09. The van der Waals surface area contributed by atoms with Gasteiger partial charge in [-0.05, 0) is 47.2 Å². The van der Waals surface area contributed by atoms with Gasteiger partial charge >= 0.3 is 5.97 Å². The third kappa shape index (κ3) is 3.31. The van der Waals surface area contributed by atoms with Gasteiger partial charge in [0.15, 0.2) is 0 Å². The first-order chi connectivity index (χ1) is 14.4. The van der Waals surface area contributed by atoms with E-state index in [1.165, 1.54) is 18.2 Å². The summed E-state index contributed by atoms with van der Waals surface area (Å²) in [7, 11) is 0. The summed E-state index contributed by atoms with van der Waals surface area (Å²) < 4.78 is 5.95. The number of ether oxygens (including phenoxy) is 1. The molecule has 0 fully saturated rings. The molecule has 0 aliphatic carbocycles. The van der Waals surface area contributed by atoms with Crippen molar-refractivity contribution in [1.29, 1.82) is 0 Å². The number of hydrogen-bond acceptors (Lipinski definition) is 4. The van der Waals surface area contributed by atoms with Gasteiger partial charge in [0.05, 0.1) is 5.56 Å². The van der Waals surface area contributed by atoms with Crippen molar-refractivity contribution < 1.29 is 24.5 Å². The molecule has 0 saturated carbocycles. The van der Waals surface area contributed by atoms with E-state index in [-0.39, 0.29) is 11.3 Å². The van der Waals surface area contributed by atoms with Crippen LogP contribution in [-0.4, -0.2) is 22.1 Å². The number of aromatic carboxylic acids is 1. The smallest absolute Gasteiger partial charge is 0.336 e. The fourth-order valence-electron chi connectivity index (χ4n) is 3.42. The van der Waals surface area contributed by atoms with Crippen molar-refractivity contribution in [3.05, 3.63) is 94.4 Å². The van der Waals surface area contributed by atoms with Crippen molar-refractivity contribution in [2.24, 2.45) is 0 Å². The molecular weight excluding hydrogens is 382 g/mol. The Morgan fingerprint density at radius 3 is 2.47 bits per heavy atom. The summed E-state index contributed by atoms with van der Waals surface area (Å²) in [6, 6.07) is 14.7. The maximum atomic E-state index is 12.1. The van der Waals surface area contributed by atoms with Crippen LogP contribution < -0.4 is 20.5 Å². The van der Waals surface area contributed by atoms with E-state index in [2.05, 4.69) is 18.5 Å². The molecule has 0 aromatic heterocycles. The lowest BCUT2D eigenvalue weighted by atomic mass is 9.89. The molecule has 1 aliphatic heterocycles. The number of phenolic OH excluding ortho intramolecular Hbond substituents is 1. The van der Waals surface area contributed by atoms with E-state index < -0.39 is 11.9 Å². The van der Waals surface area contributed by atoms with Gasteiger partial charge in [-0.25, -0.2) is 4.79 Å². The number of amides is 1. The van der Waals surface area contributed by atoms with E-state index >= 15 is 0 Å². The van der Waals surface area contributed by atoms with Crippen LogP contribution in [0.4, 0.5) is 5.69 Å². The van der Waals surface area contributed by atoms with E-state index in [1.807, 2.05) is 12.1 Å². The van der Waals surface area contributed by atoms with Crippen molar-refractivity contribution in [3.63, 3.8) is 0 Å². The van der Waals surface area contributed by atoms with Crippen molar-refractivity contribution >= 4 is 29.7 Å². The maximum Gasteiger partial charge on any atom is 0.336 e. The zero-order valence-corrected chi connectivity index (χ0v) is 15.8. The Hall–Kier alpha value is -4.32. The first-order valence-electron chi connectivity index (χ1n) is 9.03. The van der Waals surface area contributed by atoms with Gasteiger partial charge in [0, 0.05) is 28.1 Å². The Morgan fingerprint density at radius 2 is 1.73 bits per heavy atom. The highest BCUT2D eigenvalue weighted by Gasteiger charge is 2.24. The molecule has 0 radical (unpaired) electrons. The highest BCUT2D eigenvalue weighted by molar-refractivity contribution is 6.02. The summed E-state index contributed by atoms with van der Waals surface area (Å²) in [5, 5.41) is 23.8. The molecule has 1 amide bonds. The van der Waals surface area contributed by atoms with Crippen molar-refractivity contribution in [3.8, 4) is 17.2 Å². The normalized spacial score (nSPS) is 11.7. The monoisotopic (exact) mass is 399 g/mol. The Kier molecular flexibility index (Phi) is 4.60. The number of carbonyl (C=O) groups excluding carboxylic acids is 1. The van der Waals surface area contributed by atoms with Crippen LogP contribution in [0.1, 0.15) is 21.5 Å². The molecule has 0 unspecified atom stereocenters. The van der Waals surface area contributed by atoms with E-state index in [9.17, 15) is 19.8 Å². The van der Waals surface area contributed by atoms with Gasteiger partial charge in [0.25, 0.3) is 0 Å². The van der Waals surface area contributed by atoms with Crippen molar-refractivity contribution in [1.82, 2.24) is 0 Å². The van der Waals surface area contributed by atoms with Crippen LogP contribution in [0, 0.1) is 0 Å². The molecule has 3 aromatic carbocycles. The number of phenols is 1. The summed E-state index contributed by atoms with van der Waals surface area (Å²) >= 11 is 0. The third-order valence-electron chi connectivity index (χ3n) is 4.74. The number of hydrogen-bond donors (Lipinski definition) is 3. The van der Waals surface area contributed by atoms with Gasteiger partial charge in [0.2, 0.25) is 5.91 Å². The van der Waals surface area contributed by atoms with E-state index in [1.54, 1.807) is 24.3 Å². The van der Waals surface area contributed by atoms with Gasteiger partial charge in [0.1, 0.15) is 17.2 Å². The average molecular weight is 399 g/mol. The van der Waals surface area contributed by atoms with E-state index in [4.69, 9.17) is 4.74 Å². The maximum absolute atomic E-state index is 12.1. The SMILES string of the molecule is C=CC(=O)Nc1ccc(C2=c3ccc(=C)cc3Oc3cc(O)ccc32)c(C(=O)O)c1. The van der Waals surface area contributed by atoms with Crippen LogP contribution in [-0.2, 0) is 4.79 Å². The van der Waals surface area contributed by atoms with E-state index in [0.29, 0.717) is 39.1 Å². The number of nitrogens with one attached hydrogen (secondary N) is 1. The first kappa shape index (κ1) is 19.0. The average Bonchev–Trinajstić information content (AvgIpc) is 2.71.